The van der Waals surface area contributed by atoms with Gasteiger partial charge in [0.15, 0.2) is 0 Å². The van der Waals surface area contributed by atoms with E-state index in [0.717, 1.165) is 19.3 Å². The molecule has 1 aromatic carbocycles. The fraction of sp³-hybridized carbons (Fsp3) is 0.526. The smallest absolute Gasteiger partial charge is 0.257 e. The summed E-state index contributed by atoms with van der Waals surface area (Å²) in [4.78, 5) is 41.0. The molecule has 1 aromatic rings. The molecule has 0 bridgehead atoms. The fourth-order valence-corrected chi connectivity index (χ4v) is 3.25. The van der Waals surface area contributed by atoms with Gasteiger partial charge in [0.1, 0.15) is 11.8 Å². The second-order valence-electron chi connectivity index (χ2n) is 6.76. The molecule has 134 valence electrons. The molecule has 3 amide bonds. The van der Waals surface area contributed by atoms with E-state index in [-0.39, 0.29) is 36.1 Å². The molecule has 2 unspecified atom stereocenters. The number of methoxy groups -OCH3 is 1. The number of ether oxygens (including phenoxy) is 1. The van der Waals surface area contributed by atoms with Crippen molar-refractivity contribution >= 4 is 23.4 Å². The maximum atomic E-state index is 13.0. The third kappa shape index (κ3) is 3.25. The number of imide groups is 1. The summed E-state index contributed by atoms with van der Waals surface area (Å²) in [5, 5.41) is 0. The first kappa shape index (κ1) is 17.5. The monoisotopic (exact) mass is 344 g/mol. The lowest BCUT2D eigenvalue weighted by Crippen LogP contribution is -2.50. The first-order valence-corrected chi connectivity index (χ1v) is 8.81. The van der Waals surface area contributed by atoms with Gasteiger partial charge in [-0.25, -0.2) is 4.90 Å². The van der Waals surface area contributed by atoms with Crippen molar-refractivity contribution in [2.45, 2.75) is 51.6 Å². The predicted octanol–water partition coefficient (Wildman–Crippen LogP) is 2.36. The van der Waals surface area contributed by atoms with E-state index in [1.54, 1.807) is 36.3 Å². The summed E-state index contributed by atoms with van der Waals surface area (Å²) in [6.45, 7) is 3.93. The molecule has 0 radical (unpaired) electrons. The summed E-state index contributed by atoms with van der Waals surface area (Å²) in [7, 11) is 1.56. The summed E-state index contributed by atoms with van der Waals surface area (Å²) in [6.07, 6.45) is 2.55. The number of rotatable bonds is 6. The molecule has 3 rings (SSSR count). The van der Waals surface area contributed by atoms with E-state index < -0.39 is 6.04 Å². The minimum absolute atomic E-state index is 0.0112. The number of hydrogen-bond acceptors (Lipinski definition) is 4. The van der Waals surface area contributed by atoms with Crippen LogP contribution in [-0.4, -0.2) is 41.8 Å². The molecular formula is C19H24N2O4. The Kier molecular flexibility index (Phi) is 4.79. The predicted molar refractivity (Wildman–Crippen MR) is 93.2 cm³/mol. The maximum absolute atomic E-state index is 13.0. The Hall–Kier alpha value is -2.37. The molecule has 6 heteroatoms. The molecule has 1 aliphatic heterocycles. The summed E-state index contributed by atoms with van der Waals surface area (Å²) in [6, 6.07) is 6.04. The molecule has 1 saturated heterocycles. The molecule has 2 aliphatic rings. The minimum atomic E-state index is -0.697. The lowest BCUT2D eigenvalue weighted by molar-refractivity contribution is -0.141. The van der Waals surface area contributed by atoms with Crippen LogP contribution in [0.4, 0.5) is 5.69 Å². The highest BCUT2D eigenvalue weighted by molar-refractivity contribution is 6.23. The molecule has 2 atom stereocenters. The second kappa shape index (κ2) is 6.86. The Morgan fingerprint density at radius 2 is 1.92 bits per heavy atom. The van der Waals surface area contributed by atoms with Crippen molar-refractivity contribution < 1.29 is 19.1 Å². The van der Waals surface area contributed by atoms with Gasteiger partial charge < -0.3 is 9.64 Å². The largest absolute Gasteiger partial charge is 0.497 e. The van der Waals surface area contributed by atoms with Gasteiger partial charge in [0.2, 0.25) is 11.8 Å². The molecule has 2 fully saturated rings. The Morgan fingerprint density at radius 1 is 1.28 bits per heavy atom. The van der Waals surface area contributed by atoms with Gasteiger partial charge in [-0.1, -0.05) is 6.92 Å². The Bertz CT molecular complexity index is 681. The van der Waals surface area contributed by atoms with Crippen LogP contribution in [0.2, 0.25) is 0 Å². The van der Waals surface area contributed by atoms with E-state index in [4.69, 9.17) is 4.74 Å². The second-order valence-corrected chi connectivity index (χ2v) is 6.76. The highest BCUT2D eigenvalue weighted by Crippen LogP contribution is 2.35. The van der Waals surface area contributed by atoms with Gasteiger partial charge in [-0.15, -0.1) is 0 Å². The summed E-state index contributed by atoms with van der Waals surface area (Å²) in [5.74, 6) is 0.107. The highest BCUT2D eigenvalue weighted by atomic mass is 16.5. The third-order valence-corrected chi connectivity index (χ3v) is 5.04. The van der Waals surface area contributed by atoms with Crippen LogP contribution in [-0.2, 0) is 14.4 Å². The molecule has 0 N–H and O–H groups in total. The van der Waals surface area contributed by atoms with Crippen molar-refractivity contribution in [2.24, 2.45) is 5.92 Å². The van der Waals surface area contributed by atoms with Crippen molar-refractivity contribution in [1.29, 1.82) is 0 Å². The number of nitrogens with zero attached hydrogens (tertiary/aromatic N) is 2. The average Bonchev–Trinajstić information content (AvgIpc) is 3.42. The first-order valence-electron chi connectivity index (χ1n) is 8.81. The van der Waals surface area contributed by atoms with Crippen LogP contribution in [0, 0.1) is 5.92 Å². The van der Waals surface area contributed by atoms with Crippen molar-refractivity contribution in [2.75, 3.05) is 12.0 Å². The van der Waals surface area contributed by atoms with Crippen molar-refractivity contribution in [1.82, 2.24) is 4.90 Å². The Morgan fingerprint density at radius 3 is 2.44 bits per heavy atom. The van der Waals surface area contributed by atoms with Gasteiger partial charge in [-0.05, 0) is 50.5 Å². The van der Waals surface area contributed by atoms with Crippen LogP contribution in [0.3, 0.4) is 0 Å². The lowest BCUT2D eigenvalue weighted by atomic mass is 10.1. The molecule has 0 aromatic heterocycles. The summed E-state index contributed by atoms with van der Waals surface area (Å²) in [5.41, 5.74) is 0.515. The van der Waals surface area contributed by atoms with E-state index in [1.165, 1.54) is 4.90 Å². The van der Waals surface area contributed by atoms with Crippen LogP contribution in [0.15, 0.2) is 24.3 Å². The molecule has 1 aliphatic carbocycles. The number of hydrogen-bond donors (Lipinski definition) is 0. The number of amides is 3. The van der Waals surface area contributed by atoms with Crippen LogP contribution in [0.25, 0.3) is 0 Å². The number of carbonyl (C=O) groups is 3. The Labute approximate surface area is 147 Å². The van der Waals surface area contributed by atoms with E-state index in [0.29, 0.717) is 11.4 Å². The van der Waals surface area contributed by atoms with Crippen LogP contribution >= 0.6 is 0 Å². The van der Waals surface area contributed by atoms with Gasteiger partial charge in [0.25, 0.3) is 5.91 Å². The number of carbonyl (C=O) groups excluding carboxylic acids is 3. The topological polar surface area (TPSA) is 66.9 Å². The third-order valence-electron chi connectivity index (χ3n) is 5.04. The quantitative estimate of drug-likeness (QED) is 0.743. The van der Waals surface area contributed by atoms with E-state index in [1.807, 2.05) is 13.8 Å². The van der Waals surface area contributed by atoms with Crippen molar-refractivity contribution in [3.8, 4) is 5.75 Å². The SMILES string of the molecule is CCC(C)N(C(=O)C1CC1)C1CC(=O)N(c2ccc(OC)cc2)C1=O. The standard InChI is InChI=1S/C19H24N2O4/c1-4-12(2)20(18(23)13-5-6-13)16-11-17(22)21(19(16)24)14-7-9-15(25-3)10-8-14/h7-10,12-13,16H,4-6,11H2,1-3H3. The summed E-state index contributed by atoms with van der Waals surface area (Å²) >= 11 is 0. The minimum Gasteiger partial charge on any atom is -0.497 e. The Balaban J connectivity index is 1.86. The van der Waals surface area contributed by atoms with Crippen molar-refractivity contribution in [3.63, 3.8) is 0 Å². The first-order chi connectivity index (χ1) is 12.0. The van der Waals surface area contributed by atoms with Gasteiger partial charge >= 0.3 is 0 Å². The average molecular weight is 344 g/mol. The molecular weight excluding hydrogens is 320 g/mol. The zero-order valence-electron chi connectivity index (χ0n) is 14.9. The molecule has 1 heterocycles. The number of benzene rings is 1. The normalized spacial score (nSPS) is 21.4. The van der Waals surface area contributed by atoms with E-state index in [2.05, 4.69) is 0 Å². The van der Waals surface area contributed by atoms with Gasteiger partial charge in [0, 0.05) is 12.0 Å². The van der Waals surface area contributed by atoms with Crippen molar-refractivity contribution in [3.05, 3.63) is 24.3 Å². The molecule has 6 nitrogen and oxygen atoms in total. The molecule has 1 saturated carbocycles. The molecule has 25 heavy (non-hydrogen) atoms. The fourth-order valence-electron chi connectivity index (χ4n) is 3.25. The van der Waals surface area contributed by atoms with E-state index in [9.17, 15) is 14.4 Å². The van der Waals surface area contributed by atoms with E-state index >= 15 is 0 Å². The van der Waals surface area contributed by atoms with Gasteiger partial charge in [0.05, 0.1) is 19.2 Å². The van der Waals surface area contributed by atoms with Crippen LogP contribution < -0.4 is 9.64 Å². The van der Waals surface area contributed by atoms with Gasteiger partial charge in [-0.3, -0.25) is 14.4 Å². The zero-order chi connectivity index (χ0) is 18.1. The lowest BCUT2D eigenvalue weighted by Gasteiger charge is -2.33. The van der Waals surface area contributed by atoms with Gasteiger partial charge in [-0.2, -0.15) is 0 Å². The number of anilines is 1. The van der Waals surface area contributed by atoms with Crippen LogP contribution in [0.5, 0.6) is 5.75 Å². The zero-order valence-corrected chi connectivity index (χ0v) is 14.9. The molecule has 0 spiro atoms. The maximum Gasteiger partial charge on any atom is 0.257 e. The summed E-state index contributed by atoms with van der Waals surface area (Å²) < 4.78 is 5.11. The van der Waals surface area contributed by atoms with Crippen LogP contribution in [0.1, 0.15) is 39.5 Å². The highest BCUT2D eigenvalue weighted by Gasteiger charge is 2.47.